The van der Waals surface area contributed by atoms with Gasteiger partial charge in [0.2, 0.25) is 0 Å². The van der Waals surface area contributed by atoms with Crippen LogP contribution in [0.25, 0.3) is 0 Å². The number of hydrazine groups is 1. The quantitative estimate of drug-likeness (QED) is 0.386. The van der Waals surface area contributed by atoms with Gasteiger partial charge in [-0.2, -0.15) is 0 Å². The number of para-hydroxylation sites is 2. The topological polar surface area (TPSA) is 140 Å². The van der Waals surface area contributed by atoms with Crippen LogP contribution in [0.1, 0.15) is 20.7 Å². The highest BCUT2D eigenvalue weighted by atomic mass is 16.6. The predicted molar refractivity (Wildman–Crippen MR) is 115 cm³/mol. The number of benzene rings is 3. The molecule has 3 aromatic rings. The van der Waals surface area contributed by atoms with Gasteiger partial charge >= 0.3 is 5.69 Å². The van der Waals surface area contributed by atoms with Gasteiger partial charge in [0.15, 0.2) is 12.4 Å². The van der Waals surface area contributed by atoms with Gasteiger partial charge in [0.1, 0.15) is 0 Å². The van der Waals surface area contributed by atoms with Crippen LogP contribution in [-0.4, -0.2) is 29.3 Å². The molecule has 0 aliphatic heterocycles. The number of carbonyl (C=O) groups is 3. The van der Waals surface area contributed by atoms with Crippen molar-refractivity contribution in [2.75, 3.05) is 11.9 Å². The fraction of sp³-hybridized carbons (Fsp3) is 0.0455. The average Bonchev–Trinajstić information content (AvgIpc) is 2.82. The van der Waals surface area contributed by atoms with Crippen molar-refractivity contribution in [3.63, 3.8) is 0 Å². The molecule has 0 saturated carbocycles. The highest BCUT2D eigenvalue weighted by Gasteiger charge is 2.15. The van der Waals surface area contributed by atoms with Crippen LogP contribution >= 0.6 is 0 Å². The smallest absolute Gasteiger partial charge is 0.310 e. The lowest BCUT2D eigenvalue weighted by Crippen LogP contribution is -2.43. The Kier molecular flexibility index (Phi) is 7.10. The zero-order valence-electron chi connectivity index (χ0n) is 16.6. The van der Waals surface area contributed by atoms with Crippen molar-refractivity contribution < 1.29 is 24.0 Å². The summed E-state index contributed by atoms with van der Waals surface area (Å²) in [6, 6.07) is 20.4. The molecule has 0 saturated heterocycles. The molecule has 32 heavy (non-hydrogen) atoms. The summed E-state index contributed by atoms with van der Waals surface area (Å²) >= 11 is 0. The van der Waals surface area contributed by atoms with E-state index < -0.39 is 23.3 Å². The Morgan fingerprint density at radius 2 is 1.41 bits per heavy atom. The first kappa shape index (κ1) is 22.0. The Hall–Kier alpha value is -4.73. The number of nitro groups is 1. The van der Waals surface area contributed by atoms with E-state index in [0.29, 0.717) is 11.3 Å². The van der Waals surface area contributed by atoms with Crippen LogP contribution in [-0.2, 0) is 4.79 Å². The summed E-state index contributed by atoms with van der Waals surface area (Å²) in [5.41, 5.74) is 5.35. The molecule has 0 spiro atoms. The van der Waals surface area contributed by atoms with Crippen LogP contribution in [0.15, 0.2) is 78.9 Å². The van der Waals surface area contributed by atoms with Gasteiger partial charge < -0.3 is 10.1 Å². The van der Waals surface area contributed by atoms with Crippen molar-refractivity contribution in [3.8, 4) is 5.75 Å². The molecule has 3 rings (SSSR count). The molecular formula is C22H18N4O6. The van der Waals surface area contributed by atoms with Gasteiger partial charge in [0, 0.05) is 22.9 Å². The minimum atomic E-state index is -0.705. The molecule has 0 radical (unpaired) electrons. The largest absolute Gasteiger partial charge is 0.477 e. The molecule has 0 unspecified atom stereocenters. The number of carbonyl (C=O) groups excluding carboxylic acids is 3. The van der Waals surface area contributed by atoms with E-state index >= 15 is 0 Å². The normalized spacial score (nSPS) is 10.0. The maximum absolute atomic E-state index is 12.2. The molecule has 0 aromatic heterocycles. The number of nitro benzene ring substituents is 1. The molecular weight excluding hydrogens is 416 g/mol. The molecule has 0 heterocycles. The number of anilines is 1. The lowest BCUT2D eigenvalue weighted by atomic mass is 10.1. The second-order valence-corrected chi connectivity index (χ2v) is 6.41. The molecule has 0 aliphatic rings. The zero-order valence-corrected chi connectivity index (χ0v) is 16.6. The molecule has 10 heteroatoms. The maximum atomic E-state index is 12.2. The molecule has 3 amide bonds. The van der Waals surface area contributed by atoms with Gasteiger partial charge in [-0.15, -0.1) is 0 Å². The van der Waals surface area contributed by atoms with E-state index in [1.54, 1.807) is 42.5 Å². The number of hydrogen-bond acceptors (Lipinski definition) is 6. The van der Waals surface area contributed by atoms with Gasteiger partial charge in [-0.3, -0.25) is 35.3 Å². The van der Waals surface area contributed by atoms with E-state index in [2.05, 4.69) is 16.2 Å². The van der Waals surface area contributed by atoms with E-state index in [4.69, 9.17) is 4.74 Å². The molecule has 3 N–H and O–H groups in total. The predicted octanol–water partition coefficient (Wildman–Crippen LogP) is 2.69. The van der Waals surface area contributed by atoms with Crippen LogP contribution in [0, 0.1) is 10.1 Å². The Bertz CT molecular complexity index is 1130. The van der Waals surface area contributed by atoms with Crippen molar-refractivity contribution in [3.05, 3.63) is 100 Å². The van der Waals surface area contributed by atoms with Crippen molar-refractivity contribution in [2.24, 2.45) is 0 Å². The lowest BCUT2D eigenvalue weighted by molar-refractivity contribution is -0.385. The van der Waals surface area contributed by atoms with Crippen LogP contribution in [0.3, 0.4) is 0 Å². The third-order valence-electron chi connectivity index (χ3n) is 4.18. The number of rotatable bonds is 7. The molecule has 0 atom stereocenters. The number of hydrogen-bond donors (Lipinski definition) is 3. The highest BCUT2D eigenvalue weighted by molar-refractivity contribution is 6.04. The summed E-state index contributed by atoms with van der Waals surface area (Å²) in [5.74, 6) is -1.64. The van der Waals surface area contributed by atoms with Crippen LogP contribution in [0.4, 0.5) is 11.4 Å². The average molecular weight is 434 g/mol. The first-order valence-electron chi connectivity index (χ1n) is 9.36. The number of nitrogens with one attached hydrogen (secondary N) is 3. The molecule has 3 aromatic carbocycles. The Morgan fingerprint density at radius 1 is 0.781 bits per heavy atom. The SMILES string of the molecule is O=C(COc1ccccc1[N+](=O)[O-])NNC(=O)c1ccc(NC(=O)c2ccccc2)cc1. The molecule has 0 aliphatic carbocycles. The van der Waals surface area contributed by atoms with Gasteiger partial charge in [-0.1, -0.05) is 30.3 Å². The van der Waals surface area contributed by atoms with Crippen molar-refractivity contribution >= 4 is 29.1 Å². The number of ether oxygens (including phenoxy) is 1. The second kappa shape index (κ2) is 10.3. The molecule has 162 valence electrons. The summed E-state index contributed by atoms with van der Waals surface area (Å²) in [4.78, 5) is 46.5. The highest BCUT2D eigenvalue weighted by Crippen LogP contribution is 2.25. The Morgan fingerprint density at radius 3 is 2.09 bits per heavy atom. The summed E-state index contributed by atoms with van der Waals surface area (Å²) in [6.45, 7) is -0.532. The lowest BCUT2D eigenvalue weighted by Gasteiger charge is -2.10. The van der Waals surface area contributed by atoms with E-state index in [1.807, 2.05) is 0 Å². The number of nitrogens with zero attached hydrogens (tertiary/aromatic N) is 1. The summed E-state index contributed by atoms with van der Waals surface area (Å²) in [5, 5.41) is 13.7. The third kappa shape index (κ3) is 5.89. The van der Waals surface area contributed by atoms with Gasteiger partial charge in [0.05, 0.1) is 4.92 Å². The van der Waals surface area contributed by atoms with E-state index in [1.165, 1.54) is 36.4 Å². The minimum absolute atomic E-state index is 0.0629. The second-order valence-electron chi connectivity index (χ2n) is 6.41. The van der Waals surface area contributed by atoms with E-state index in [9.17, 15) is 24.5 Å². The standard InChI is InChI=1S/C22H18N4O6/c27-20(14-32-19-9-5-4-8-18(19)26(30)31)24-25-22(29)16-10-12-17(13-11-16)23-21(28)15-6-2-1-3-7-15/h1-13H,14H2,(H,23,28)(H,24,27)(H,25,29). The maximum Gasteiger partial charge on any atom is 0.310 e. The third-order valence-corrected chi connectivity index (χ3v) is 4.18. The van der Waals surface area contributed by atoms with Gasteiger partial charge in [-0.05, 0) is 42.5 Å². The molecule has 0 bridgehead atoms. The first-order chi connectivity index (χ1) is 15.4. The fourth-order valence-electron chi connectivity index (χ4n) is 2.61. The zero-order chi connectivity index (χ0) is 22.9. The Labute approximate surface area is 182 Å². The van der Waals surface area contributed by atoms with Gasteiger partial charge in [0.25, 0.3) is 17.7 Å². The molecule has 10 nitrogen and oxygen atoms in total. The van der Waals surface area contributed by atoms with Crippen LogP contribution in [0.2, 0.25) is 0 Å². The monoisotopic (exact) mass is 434 g/mol. The van der Waals surface area contributed by atoms with Crippen molar-refractivity contribution in [1.29, 1.82) is 0 Å². The molecule has 0 fully saturated rings. The fourth-order valence-corrected chi connectivity index (χ4v) is 2.61. The van der Waals surface area contributed by atoms with E-state index in [0.717, 1.165) is 0 Å². The number of amides is 3. The Balaban J connectivity index is 1.48. The van der Waals surface area contributed by atoms with Crippen molar-refractivity contribution in [1.82, 2.24) is 10.9 Å². The minimum Gasteiger partial charge on any atom is -0.477 e. The summed E-state index contributed by atoms with van der Waals surface area (Å²) in [6.07, 6.45) is 0. The first-order valence-corrected chi connectivity index (χ1v) is 9.36. The van der Waals surface area contributed by atoms with Crippen LogP contribution in [0.5, 0.6) is 5.75 Å². The van der Waals surface area contributed by atoms with Crippen LogP contribution < -0.4 is 20.9 Å². The van der Waals surface area contributed by atoms with Crippen molar-refractivity contribution in [2.45, 2.75) is 0 Å². The van der Waals surface area contributed by atoms with E-state index in [-0.39, 0.29) is 22.9 Å². The summed E-state index contributed by atoms with van der Waals surface area (Å²) < 4.78 is 5.14. The van der Waals surface area contributed by atoms with Gasteiger partial charge in [-0.25, -0.2) is 0 Å². The summed E-state index contributed by atoms with van der Waals surface area (Å²) in [7, 11) is 0.